The molecule has 2 aliphatic rings. The van der Waals surface area contributed by atoms with Crippen molar-refractivity contribution in [3.8, 4) is 11.5 Å². The van der Waals surface area contributed by atoms with Crippen molar-refractivity contribution in [3.63, 3.8) is 0 Å². The number of anilines is 2. The fraction of sp³-hybridized carbons (Fsp3) is 0.417. The Balaban J connectivity index is 1.26. The smallest absolute Gasteiger partial charge is 0.319 e. The average Bonchev–Trinajstić information content (AvgIpc) is 3.22. The lowest BCUT2D eigenvalue weighted by molar-refractivity contribution is 0.241. The maximum atomic E-state index is 12.3. The first-order chi connectivity index (χ1) is 17.2. The summed E-state index contributed by atoms with van der Waals surface area (Å²) in [7, 11) is -6.26. The zero-order valence-electron chi connectivity index (χ0n) is 20.5. The van der Waals surface area contributed by atoms with E-state index in [0.717, 1.165) is 0 Å². The summed E-state index contributed by atoms with van der Waals surface area (Å²) in [6.07, 6.45) is 0.746. The average molecular weight is 551 g/mol. The lowest BCUT2D eigenvalue weighted by atomic mass is 10.0. The summed E-state index contributed by atoms with van der Waals surface area (Å²) in [5.41, 5.74) is -0.543. The number of urea groups is 2. The molecule has 2 fully saturated rings. The van der Waals surface area contributed by atoms with Gasteiger partial charge in [0.1, 0.15) is 11.5 Å². The minimum atomic E-state index is -3.13. The second-order valence-corrected chi connectivity index (χ2v) is 14.5. The molecule has 4 N–H and O–H groups in total. The van der Waals surface area contributed by atoms with E-state index >= 15 is 0 Å². The highest BCUT2D eigenvalue weighted by atomic mass is 32.2. The Morgan fingerprint density at radius 1 is 0.676 bits per heavy atom. The zero-order valence-corrected chi connectivity index (χ0v) is 22.2. The maximum absolute atomic E-state index is 12.3. The molecule has 2 unspecified atom stereocenters. The van der Waals surface area contributed by atoms with Crippen LogP contribution in [0.15, 0.2) is 48.5 Å². The van der Waals surface area contributed by atoms with Gasteiger partial charge in [0.15, 0.2) is 19.7 Å². The first-order valence-electron chi connectivity index (χ1n) is 11.7. The minimum absolute atomic E-state index is 0.0614. The Morgan fingerprint density at radius 3 is 1.32 bits per heavy atom. The molecular formula is C24H30N4O7S2. The quantitative estimate of drug-likeness (QED) is 0.430. The molecule has 2 heterocycles. The Kier molecular flexibility index (Phi) is 7.12. The van der Waals surface area contributed by atoms with Crippen LogP contribution >= 0.6 is 0 Å². The third kappa shape index (κ3) is 7.35. The fourth-order valence-corrected chi connectivity index (χ4v) is 8.63. The highest BCUT2D eigenvalue weighted by molar-refractivity contribution is 7.92. The van der Waals surface area contributed by atoms with Gasteiger partial charge in [-0.15, -0.1) is 0 Å². The summed E-state index contributed by atoms with van der Waals surface area (Å²) in [6, 6.07) is 12.4. The highest BCUT2D eigenvalue weighted by Gasteiger charge is 2.40. The van der Waals surface area contributed by atoms with Crippen LogP contribution in [0.3, 0.4) is 0 Å². The standard InChI is InChI=1S/C24H30N4O7S2/c1-23(11-13-36(31,32)15-23)27-21(29)25-17-3-7-19(8-4-17)35-20-9-5-18(6-10-20)26-22(30)28-24(2)12-14-37(33,34)16-24/h3-10H,11-16H2,1-2H3,(H2,25,27,29)(H2,26,28,30). The van der Waals surface area contributed by atoms with Gasteiger partial charge in [-0.3, -0.25) is 0 Å². The molecule has 0 bridgehead atoms. The van der Waals surface area contributed by atoms with Gasteiger partial charge in [-0.05, 0) is 75.2 Å². The number of hydrogen-bond acceptors (Lipinski definition) is 7. The highest BCUT2D eigenvalue weighted by Crippen LogP contribution is 2.26. The van der Waals surface area contributed by atoms with E-state index in [1.807, 2.05) is 0 Å². The minimum Gasteiger partial charge on any atom is -0.457 e. The summed E-state index contributed by atoms with van der Waals surface area (Å²) < 4.78 is 52.6. The normalized spacial score (nSPS) is 25.7. The van der Waals surface area contributed by atoms with Crippen molar-refractivity contribution in [2.45, 2.75) is 37.8 Å². The summed E-state index contributed by atoms with van der Waals surface area (Å²) in [5, 5.41) is 10.9. The Hall–Kier alpha value is -3.32. The molecule has 0 aliphatic carbocycles. The maximum Gasteiger partial charge on any atom is 0.319 e. The predicted octanol–water partition coefficient (Wildman–Crippen LogP) is 2.88. The Bertz CT molecular complexity index is 1290. The molecular weight excluding hydrogens is 520 g/mol. The van der Waals surface area contributed by atoms with Crippen LogP contribution in [0.5, 0.6) is 11.5 Å². The lowest BCUT2D eigenvalue weighted by Gasteiger charge is -2.24. The molecule has 2 aromatic rings. The van der Waals surface area contributed by atoms with E-state index in [9.17, 15) is 26.4 Å². The number of benzene rings is 2. The third-order valence-electron chi connectivity index (χ3n) is 6.30. The van der Waals surface area contributed by atoms with Crippen LogP contribution in [0.25, 0.3) is 0 Å². The third-order valence-corrected chi connectivity index (χ3v) is 10.1. The van der Waals surface area contributed by atoms with Crippen molar-refractivity contribution >= 4 is 43.1 Å². The monoisotopic (exact) mass is 550 g/mol. The van der Waals surface area contributed by atoms with E-state index in [1.165, 1.54) is 0 Å². The SMILES string of the molecule is CC1(NC(=O)Nc2ccc(Oc3ccc(NC(=O)NC4(C)CCS(=O)(=O)C4)cc3)cc2)CCS(=O)(=O)C1. The van der Waals surface area contributed by atoms with Crippen molar-refractivity contribution in [1.29, 1.82) is 0 Å². The molecule has 200 valence electrons. The van der Waals surface area contributed by atoms with Gasteiger partial charge in [0.2, 0.25) is 0 Å². The van der Waals surface area contributed by atoms with Crippen LogP contribution in [0.4, 0.5) is 21.0 Å². The Labute approximate surface area is 216 Å². The van der Waals surface area contributed by atoms with Crippen molar-refractivity contribution in [1.82, 2.24) is 10.6 Å². The summed E-state index contributed by atoms with van der Waals surface area (Å²) in [4.78, 5) is 24.6. The van der Waals surface area contributed by atoms with E-state index in [4.69, 9.17) is 4.74 Å². The molecule has 4 rings (SSSR count). The molecule has 2 aromatic carbocycles. The zero-order chi connectivity index (χ0) is 26.9. The topological polar surface area (TPSA) is 160 Å². The van der Waals surface area contributed by atoms with Gasteiger partial charge in [0.05, 0.1) is 34.1 Å². The number of carbonyl (C=O) groups is 2. The van der Waals surface area contributed by atoms with Crippen LogP contribution in [0, 0.1) is 0 Å². The molecule has 37 heavy (non-hydrogen) atoms. The number of amides is 4. The Morgan fingerprint density at radius 2 is 1.03 bits per heavy atom. The van der Waals surface area contributed by atoms with Crippen LogP contribution in [-0.2, 0) is 19.7 Å². The molecule has 2 saturated heterocycles. The van der Waals surface area contributed by atoms with Gasteiger partial charge in [-0.1, -0.05) is 0 Å². The second-order valence-electron chi connectivity index (χ2n) is 10.1. The van der Waals surface area contributed by atoms with Crippen molar-refractivity contribution in [2.24, 2.45) is 0 Å². The first kappa shape index (κ1) is 26.7. The summed E-state index contributed by atoms with van der Waals surface area (Å²) >= 11 is 0. The molecule has 2 aliphatic heterocycles. The molecule has 2 atom stereocenters. The van der Waals surface area contributed by atoms with Crippen molar-refractivity contribution in [3.05, 3.63) is 48.5 Å². The number of rotatable bonds is 6. The predicted molar refractivity (Wildman–Crippen MR) is 141 cm³/mol. The van der Waals surface area contributed by atoms with Crippen LogP contribution < -0.4 is 26.0 Å². The van der Waals surface area contributed by atoms with Gasteiger partial charge in [-0.25, -0.2) is 26.4 Å². The van der Waals surface area contributed by atoms with Gasteiger partial charge in [0, 0.05) is 11.4 Å². The molecule has 13 heteroatoms. The summed E-state index contributed by atoms with van der Waals surface area (Å²) in [5.74, 6) is 1.01. The van der Waals surface area contributed by atoms with Crippen LogP contribution in [0.1, 0.15) is 26.7 Å². The van der Waals surface area contributed by atoms with E-state index in [2.05, 4.69) is 21.3 Å². The molecule has 11 nitrogen and oxygen atoms in total. The van der Waals surface area contributed by atoms with E-state index in [1.54, 1.807) is 62.4 Å². The molecule has 0 aromatic heterocycles. The van der Waals surface area contributed by atoms with Crippen molar-refractivity contribution in [2.75, 3.05) is 33.6 Å². The van der Waals surface area contributed by atoms with Gasteiger partial charge >= 0.3 is 12.1 Å². The lowest BCUT2D eigenvalue weighted by Crippen LogP contribution is -2.48. The number of hydrogen-bond donors (Lipinski definition) is 4. The number of carbonyl (C=O) groups excluding carboxylic acids is 2. The van der Waals surface area contributed by atoms with Gasteiger partial charge < -0.3 is 26.0 Å². The number of nitrogens with one attached hydrogen (secondary N) is 4. The molecule has 0 spiro atoms. The number of sulfone groups is 2. The molecule has 0 saturated carbocycles. The second kappa shape index (κ2) is 9.86. The summed E-state index contributed by atoms with van der Waals surface area (Å²) in [6.45, 7) is 3.42. The van der Waals surface area contributed by atoms with Gasteiger partial charge in [0.25, 0.3) is 0 Å². The first-order valence-corrected chi connectivity index (χ1v) is 15.3. The van der Waals surface area contributed by atoms with Gasteiger partial charge in [-0.2, -0.15) is 0 Å². The van der Waals surface area contributed by atoms with Crippen LogP contribution in [-0.4, -0.2) is 63.0 Å². The van der Waals surface area contributed by atoms with Crippen LogP contribution in [0.2, 0.25) is 0 Å². The van der Waals surface area contributed by atoms with E-state index in [0.29, 0.717) is 35.7 Å². The fourth-order valence-electron chi connectivity index (χ4n) is 4.44. The molecule has 0 radical (unpaired) electrons. The van der Waals surface area contributed by atoms with E-state index < -0.39 is 42.8 Å². The number of ether oxygens (including phenoxy) is 1. The molecule has 4 amide bonds. The van der Waals surface area contributed by atoms with E-state index in [-0.39, 0.29) is 23.0 Å². The van der Waals surface area contributed by atoms with Crippen molar-refractivity contribution < 1.29 is 31.2 Å². The largest absolute Gasteiger partial charge is 0.457 e.